The molecule has 0 saturated carbocycles. The van der Waals surface area contributed by atoms with Crippen molar-refractivity contribution < 1.29 is 22.7 Å². The van der Waals surface area contributed by atoms with Crippen molar-refractivity contribution in [2.45, 2.75) is 24.7 Å². The van der Waals surface area contributed by atoms with E-state index in [0.717, 1.165) is 0 Å². The van der Waals surface area contributed by atoms with E-state index in [9.17, 15) is 13.2 Å². The summed E-state index contributed by atoms with van der Waals surface area (Å²) in [4.78, 5) is 16.7. The number of para-hydroxylation sites is 2. The molecule has 10 heteroatoms. The number of benzene rings is 2. The van der Waals surface area contributed by atoms with Gasteiger partial charge in [0.1, 0.15) is 11.5 Å². The summed E-state index contributed by atoms with van der Waals surface area (Å²) in [5, 5.41) is 4.80. The van der Waals surface area contributed by atoms with E-state index in [1.165, 1.54) is 30.6 Å². The van der Waals surface area contributed by atoms with Gasteiger partial charge in [-0.1, -0.05) is 12.1 Å². The molecule has 0 unspecified atom stereocenters. The standard InChI is InChI=1S/C21H23N3O5S2/c1-3-29-19-7-5-4-6-18(19)23-20(25)13-8-15-14-30-21(22-15)24-31(26,27)17-11-9-16(28-2)10-12-17/h4-7,9-12,14H,3,8,13H2,1-2H3,(H,22,24)(H,23,25). The van der Waals surface area contributed by atoms with Crippen LogP contribution in [-0.4, -0.2) is 33.0 Å². The Hall–Kier alpha value is -3.11. The summed E-state index contributed by atoms with van der Waals surface area (Å²) >= 11 is 1.17. The van der Waals surface area contributed by atoms with Gasteiger partial charge in [0.25, 0.3) is 10.0 Å². The van der Waals surface area contributed by atoms with E-state index in [4.69, 9.17) is 9.47 Å². The minimum Gasteiger partial charge on any atom is -0.497 e. The maximum absolute atomic E-state index is 12.5. The Morgan fingerprint density at radius 1 is 1.13 bits per heavy atom. The van der Waals surface area contributed by atoms with E-state index in [2.05, 4.69) is 15.0 Å². The third kappa shape index (κ3) is 6.19. The van der Waals surface area contributed by atoms with Crippen molar-refractivity contribution in [2.24, 2.45) is 0 Å². The molecule has 1 amide bonds. The van der Waals surface area contributed by atoms with Crippen molar-refractivity contribution in [1.29, 1.82) is 0 Å². The zero-order valence-electron chi connectivity index (χ0n) is 17.1. The monoisotopic (exact) mass is 461 g/mol. The minimum atomic E-state index is -3.76. The van der Waals surface area contributed by atoms with Crippen LogP contribution in [0.4, 0.5) is 10.8 Å². The van der Waals surface area contributed by atoms with E-state index in [1.54, 1.807) is 29.6 Å². The number of amides is 1. The molecule has 3 rings (SSSR count). The second-order valence-corrected chi connectivity index (χ2v) is 8.94. The number of aromatic nitrogens is 1. The molecule has 1 heterocycles. The molecule has 1 aromatic heterocycles. The fourth-order valence-corrected chi connectivity index (χ4v) is 4.70. The average Bonchev–Trinajstić information content (AvgIpc) is 3.20. The lowest BCUT2D eigenvalue weighted by Gasteiger charge is -2.10. The predicted octanol–water partition coefficient (Wildman–Crippen LogP) is 3.92. The Labute approximate surface area is 185 Å². The summed E-state index contributed by atoms with van der Waals surface area (Å²) in [6.45, 7) is 2.38. The Morgan fingerprint density at radius 2 is 1.87 bits per heavy atom. The van der Waals surface area contributed by atoms with Crippen molar-refractivity contribution in [1.82, 2.24) is 4.98 Å². The Balaban J connectivity index is 1.56. The Morgan fingerprint density at radius 3 is 2.58 bits per heavy atom. The van der Waals surface area contributed by atoms with Gasteiger partial charge in [0.2, 0.25) is 5.91 Å². The number of nitrogens with one attached hydrogen (secondary N) is 2. The van der Waals surface area contributed by atoms with E-state index < -0.39 is 10.0 Å². The molecular formula is C21H23N3O5S2. The summed E-state index contributed by atoms with van der Waals surface area (Å²) in [5.74, 6) is 1.00. The first-order valence-corrected chi connectivity index (χ1v) is 11.9. The average molecular weight is 462 g/mol. The highest BCUT2D eigenvalue weighted by Crippen LogP contribution is 2.25. The number of anilines is 2. The van der Waals surface area contributed by atoms with Crippen LogP contribution in [0.1, 0.15) is 19.0 Å². The number of sulfonamides is 1. The number of carbonyl (C=O) groups excluding carboxylic acids is 1. The summed E-state index contributed by atoms with van der Waals surface area (Å²) in [5.41, 5.74) is 1.24. The van der Waals surface area contributed by atoms with Crippen LogP contribution in [0, 0.1) is 0 Å². The van der Waals surface area contributed by atoms with Crippen LogP contribution < -0.4 is 19.5 Å². The molecule has 2 aromatic carbocycles. The molecule has 0 aliphatic carbocycles. The third-order valence-electron chi connectivity index (χ3n) is 4.21. The fraction of sp³-hybridized carbons (Fsp3) is 0.238. The maximum atomic E-state index is 12.5. The summed E-state index contributed by atoms with van der Waals surface area (Å²) in [7, 11) is -2.25. The quantitative estimate of drug-likeness (QED) is 0.474. The summed E-state index contributed by atoms with van der Waals surface area (Å²) in [6, 6.07) is 13.3. The van der Waals surface area contributed by atoms with Gasteiger partial charge < -0.3 is 14.8 Å². The first-order valence-electron chi connectivity index (χ1n) is 9.54. The predicted molar refractivity (Wildman–Crippen MR) is 120 cm³/mol. The number of thiazole rings is 1. The molecule has 0 aliphatic rings. The van der Waals surface area contributed by atoms with Crippen LogP contribution >= 0.6 is 11.3 Å². The number of methoxy groups -OCH3 is 1. The first kappa shape index (κ1) is 22.6. The Kier molecular flexibility index (Phi) is 7.48. The number of aryl methyl sites for hydroxylation is 1. The van der Waals surface area contributed by atoms with Crippen LogP contribution in [-0.2, 0) is 21.2 Å². The molecular weight excluding hydrogens is 438 g/mol. The summed E-state index contributed by atoms with van der Waals surface area (Å²) < 4.78 is 38.0. The molecule has 0 radical (unpaired) electrons. The fourth-order valence-electron chi connectivity index (χ4n) is 2.70. The number of ether oxygens (including phenoxy) is 2. The molecule has 0 saturated heterocycles. The van der Waals surface area contributed by atoms with Crippen LogP contribution in [0.2, 0.25) is 0 Å². The normalized spacial score (nSPS) is 11.0. The smallest absolute Gasteiger partial charge is 0.263 e. The molecule has 0 bridgehead atoms. The number of nitrogens with zero attached hydrogens (tertiary/aromatic N) is 1. The highest BCUT2D eigenvalue weighted by atomic mass is 32.2. The highest BCUT2D eigenvalue weighted by molar-refractivity contribution is 7.93. The second kappa shape index (κ2) is 10.3. The van der Waals surface area contributed by atoms with Crippen LogP contribution in [0.3, 0.4) is 0 Å². The first-order chi connectivity index (χ1) is 14.9. The third-order valence-corrected chi connectivity index (χ3v) is 6.50. The van der Waals surface area contributed by atoms with Gasteiger partial charge in [-0.3, -0.25) is 9.52 Å². The second-order valence-electron chi connectivity index (χ2n) is 6.40. The topological polar surface area (TPSA) is 107 Å². The SMILES string of the molecule is CCOc1ccccc1NC(=O)CCc1csc(NS(=O)(=O)c2ccc(OC)cc2)n1. The van der Waals surface area contributed by atoms with Crippen LogP contribution in [0.15, 0.2) is 58.8 Å². The molecule has 164 valence electrons. The number of hydrogen-bond donors (Lipinski definition) is 2. The molecule has 3 aromatic rings. The van der Waals surface area contributed by atoms with Crippen molar-refractivity contribution in [3.63, 3.8) is 0 Å². The molecule has 2 N–H and O–H groups in total. The van der Waals surface area contributed by atoms with Crippen molar-refractivity contribution in [3.8, 4) is 11.5 Å². The lowest BCUT2D eigenvalue weighted by Crippen LogP contribution is -2.14. The van der Waals surface area contributed by atoms with Gasteiger partial charge in [-0.05, 0) is 49.7 Å². The van der Waals surface area contributed by atoms with Crippen molar-refractivity contribution >= 4 is 38.1 Å². The number of carbonyl (C=O) groups is 1. The number of hydrogen-bond acceptors (Lipinski definition) is 7. The van der Waals surface area contributed by atoms with Gasteiger partial charge in [0.15, 0.2) is 5.13 Å². The van der Waals surface area contributed by atoms with E-state index in [-0.39, 0.29) is 22.4 Å². The largest absolute Gasteiger partial charge is 0.497 e. The van der Waals surface area contributed by atoms with Gasteiger partial charge >= 0.3 is 0 Å². The number of rotatable bonds is 10. The molecule has 8 nitrogen and oxygen atoms in total. The van der Waals surface area contributed by atoms with Gasteiger partial charge in [0, 0.05) is 11.8 Å². The zero-order chi connectivity index (χ0) is 22.3. The van der Waals surface area contributed by atoms with E-state index in [1.807, 2.05) is 19.1 Å². The van der Waals surface area contributed by atoms with Crippen molar-refractivity contribution in [3.05, 3.63) is 59.6 Å². The minimum absolute atomic E-state index is 0.109. The Bertz CT molecular complexity index is 1130. The lowest BCUT2D eigenvalue weighted by molar-refractivity contribution is -0.116. The molecule has 31 heavy (non-hydrogen) atoms. The van der Waals surface area contributed by atoms with Gasteiger partial charge in [-0.2, -0.15) is 0 Å². The molecule has 0 spiro atoms. The molecule has 0 fully saturated rings. The molecule has 0 aliphatic heterocycles. The highest BCUT2D eigenvalue weighted by Gasteiger charge is 2.17. The maximum Gasteiger partial charge on any atom is 0.263 e. The van der Waals surface area contributed by atoms with Crippen molar-refractivity contribution in [2.75, 3.05) is 23.8 Å². The molecule has 0 atom stereocenters. The van der Waals surface area contributed by atoms with Gasteiger partial charge in [-0.15, -0.1) is 11.3 Å². The lowest BCUT2D eigenvalue weighted by atomic mass is 10.2. The van der Waals surface area contributed by atoms with Crippen LogP contribution in [0.5, 0.6) is 11.5 Å². The van der Waals surface area contributed by atoms with Crippen LogP contribution in [0.25, 0.3) is 0 Å². The van der Waals surface area contributed by atoms with E-state index >= 15 is 0 Å². The summed E-state index contributed by atoms with van der Waals surface area (Å²) in [6.07, 6.45) is 0.582. The van der Waals surface area contributed by atoms with Gasteiger partial charge in [-0.25, -0.2) is 13.4 Å². The van der Waals surface area contributed by atoms with E-state index in [0.29, 0.717) is 35.9 Å². The van der Waals surface area contributed by atoms with Gasteiger partial charge in [0.05, 0.1) is 30.0 Å². The zero-order valence-corrected chi connectivity index (χ0v) is 18.8.